The second kappa shape index (κ2) is 5.04. The normalized spacial score (nSPS) is 10.3. The van der Waals surface area contributed by atoms with E-state index in [9.17, 15) is 0 Å². The second-order valence-corrected chi connectivity index (χ2v) is 3.37. The van der Waals surface area contributed by atoms with E-state index in [-0.39, 0.29) is 0 Å². The van der Waals surface area contributed by atoms with Crippen LogP contribution in [0.1, 0.15) is 18.5 Å². The maximum absolute atomic E-state index is 5.73. The fourth-order valence-corrected chi connectivity index (χ4v) is 1.30. The lowest BCUT2D eigenvalue weighted by Crippen LogP contribution is -2.02. The molecular formula is C9H14ClN3. The molecule has 0 aliphatic rings. The van der Waals surface area contributed by atoms with Crippen molar-refractivity contribution in [2.24, 2.45) is 5.73 Å². The number of hydrogen-bond donors (Lipinski definition) is 2. The Hall–Kier alpha value is -0.800. The summed E-state index contributed by atoms with van der Waals surface area (Å²) in [5.41, 5.74) is 12.7. The lowest BCUT2D eigenvalue weighted by atomic mass is 10.1. The van der Waals surface area contributed by atoms with Crippen molar-refractivity contribution in [3.63, 3.8) is 0 Å². The summed E-state index contributed by atoms with van der Waals surface area (Å²) in [5, 5.41) is 0.583. The van der Waals surface area contributed by atoms with E-state index < -0.39 is 0 Å². The third kappa shape index (κ3) is 3.20. The molecule has 1 aromatic rings. The zero-order valence-corrected chi connectivity index (χ0v) is 8.22. The van der Waals surface area contributed by atoms with Gasteiger partial charge in [0, 0.05) is 6.20 Å². The molecule has 0 aliphatic heterocycles. The fourth-order valence-electron chi connectivity index (χ4n) is 1.13. The Morgan fingerprint density at radius 1 is 1.38 bits per heavy atom. The molecule has 1 heterocycles. The molecule has 0 spiro atoms. The molecule has 13 heavy (non-hydrogen) atoms. The number of aromatic nitrogens is 1. The van der Waals surface area contributed by atoms with Crippen LogP contribution >= 0.6 is 11.6 Å². The van der Waals surface area contributed by atoms with Gasteiger partial charge in [0.05, 0.1) is 16.4 Å². The van der Waals surface area contributed by atoms with Gasteiger partial charge in [-0.3, -0.25) is 4.98 Å². The molecule has 0 aromatic carbocycles. The molecule has 0 unspecified atom stereocenters. The van der Waals surface area contributed by atoms with Gasteiger partial charge in [-0.2, -0.15) is 0 Å². The minimum Gasteiger partial charge on any atom is -0.397 e. The highest BCUT2D eigenvalue weighted by Crippen LogP contribution is 2.16. The molecule has 0 atom stereocenters. The molecular weight excluding hydrogens is 186 g/mol. The van der Waals surface area contributed by atoms with Crippen LogP contribution in [0.5, 0.6) is 0 Å². The van der Waals surface area contributed by atoms with Crippen LogP contribution < -0.4 is 11.5 Å². The van der Waals surface area contributed by atoms with Gasteiger partial charge in [-0.25, -0.2) is 0 Å². The number of hydrogen-bond acceptors (Lipinski definition) is 3. The van der Waals surface area contributed by atoms with Crippen LogP contribution in [-0.4, -0.2) is 11.5 Å². The summed E-state index contributed by atoms with van der Waals surface area (Å²) in [6.45, 7) is 0.716. The molecule has 72 valence electrons. The molecule has 0 fully saturated rings. The van der Waals surface area contributed by atoms with Crippen molar-refractivity contribution in [3.8, 4) is 0 Å². The molecule has 0 aliphatic carbocycles. The van der Waals surface area contributed by atoms with Crippen molar-refractivity contribution in [1.29, 1.82) is 0 Å². The van der Waals surface area contributed by atoms with Crippen molar-refractivity contribution in [2.75, 3.05) is 12.3 Å². The first-order valence-electron chi connectivity index (χ1n) is 4.34. The fraction of sp³-hybridized carbons (Fsp3) is 0.444. The monoisotopic (exact) mass is 199 g/mol. The summed E-state index contributed by atoms with van der Waals surface area (Å²) in [6.07, 6.45) is 4.52. The molecule has 1 aromatic heterocycles. The highest BCUT2D eigenvalue weighted by molar-refractivity contribution is 6.30. The highest BCUT2D eigenvalue weighted by Gasteiger charge is 2.00. The smallest absolute Gasteiger partial charge is 0.0633 e. The van der Waals surface area contributed by atoms with Crippen LogP contribution in [0.15, 0.2) is 12.3 Å². The first kappa shape index (κ1) is 10.3. The Morgan fingerprint density at radius 3 is 2.77 bits per heavy atom. The summed E-state index contributed by atoms with van der Waals surface area (Å²) in [7, 11) is 0. The van der Waals surface area contributed by atoms with E-state index >= 15 is 0 Å². The van der Waals surface area contributed by atoms with Crippen molar-refractivity contribution in [3.05, 3.63) is 23.0 Å². The van der Waals surface area contributed by atoms with Gasteiger partial charge in [-0.05, 0) is 31.9 Å². The average molecular weight is 200 g/mol. The van der Waals surface area contributed by atoms with Crippen molar-refractivity contribution in [1.82, 2.24) is 4.98 Å². The van der Waals surface area contributed by atoms with Crippen molar-refractivity contribution < 1.29 is 0 Å². The first-order chi connectivity index (χ1) is 6.24. The molecule has 0 amide bonds. The molecule has 0 saturated carbocycles. The maximum Gasteiger partial charge on any atom is 0.0633 e. The van der Waals surface area contributed by atoms with E-state index in [1.807, 2.05) is 0 Å². The number of anilines is 1. The third-order valence-electron chi connectivity index (χ3n) is 1.84. The summed E-state index contributed by atoms with van der Waals surface area (Å²) in [4.78, 5) is 4.15. The molecule has 0 radical (unpaired) electrons. The van der Waals surface area contributed by atoms with Crippen LogP contribution in [0.4, 0.5) is 5.69 Å². The van der Waals surface area contributed by atoms with Crippen LogP contribution in [0.3, 0.4) is 0 Å². The van der Waals surface area contributed by atoms with Gasteiger partial charge in [0.1, 0.15) is 0 Å². The van der Waals surface area contributed by atoms with Crippen molar-refractivity contribution >= 4 is 17.3 Å². The summed E-state index contributed by atoms with van der Waals surface area (Å²) in [6, 6.07) is 1.73. The van der Waals surface area contributed by atoms with Gasteiger partial charge in [-0.1, -0.05) is 11.6 Å². The molecule has 1 rings (SSSR count). The van der Waals surface area contributed by atoms with Crippen LogP contribution in [0.2, 0.25) is 5.02 Å². The molecule has 4 N–H and O–H groups in total. The lowest BCUT2D eigenvalue weighted by Gasteiger charge is -2.03. The SMILES string of the molecule is NCCCCc1ncc(Cl)cc1N. The minimum atomic E-state index is 0.583. The number of nitrogens with zero attached hydrogens (tertiary/aromatic N) is 1. The van der Waals surface area contributed by atoms with E-state index in [2.05, 4.69) is 4.98 Å². The number of nitrogens with two attached hydrogens (primary N) is 2. The molecule has 3 nitrogen and oxygen atoms in total. The Morgan fingerprint density at radius 2 is 2.15 bits per heavy atom. The van der Waals surface area contributed by atoms with Gasteiger partial charge in [0.25, 0.3) is 0 Å². The molecule has 4 heteroatoms. The number of rotatable bonds is 4. The zero-order valence-electron chi connectivity index (χ0n) is 7.46. The van der Waals surface area contributed by atoms with Crippen LogP contribution in [0.25, 0.3) is 0 Å². The van der Waals surface area contributed by atoms with Crippen molar-refractivity contribution in [2.45, 2.75) is 19.3 Å². The largest absolute Gasteiger partial charge is 0.397 e. The van der Waals surface area contributed by atoms with Gasteiger partial charge in [-0.15, -0.1) is 0 Å². The number of aryl methyl sites for hydroxylation is 1. The minimum absolute atomic E-state index is 0.583. The summed E-state index contributed by atoms with van der Waals surface area (Å²) >= 11 is 5.72. The quantitative estimate of drug-likeness (QED) is 0.724. The Labute approximate surface area is 83.1 Å². The number of unbranched alkanes of at least 4 members (excludes halogenated alkanes) is 1. The van der Waals surface area contributed by atoms with Crippen LogP contribution in [0, 0.1) is 0 Å². The van der Waals surface area contributed by atoms with Gasteiger partial charge < -0.3 is 11.5 Å². The summed E-state index contributed by atoms with van der Waals surface area (Å²) in [5.74, 6) is 0. The Bertz CT molecular complexity index is 276. The van der Waals surface area contributed by atoms with Crippen LogP contribution in [-0.2, 0) is 6.42 Å². The Kier molecular flexibility index (Phi) is 3.99. The Balaban J connectivity index is 2.56. The predicted octanol–water partition coefficient (Wildman–Crippen LogP) is 1.60. The zero-order chi connectivity index (χ0) is 9.68. The predicted molar refractivity (Wildman–Crippen MR) is 55.7 cm³/mol. The van der Waals surface area contributed by atoms with Gasteiger partial charge in [0.2, 0.25) is 0 Å². The number of nitrogen functional groups attached to an aromatic ring is 1. The molecule has 0 saturated heterocycles. The van der Waals surface area contributed by atoms with E-state index in [0.717, 1.165) is 25.0 Å². The number of pyridine rings is 1. The molecule has 0 bridgehead atoms. The lowest BCUT2D eigenvalue weighted by molar-refractivity contribution is 0.734. The summed E-state index contributed by atoms with van der Waals surface area (Å²) < 4.78 is 0. The standard InChI is InChI=1S/C9H14ClN3/c10-7-5-8(12)9(13-6-7)3-1-2-4-11/h5-6H,1-4,11-12H2. The van der Waals surface area contributed by atoms with E-state index in [1.165, 1.54) is 0 Å². The highest BCUT2D eigenvalue weighted by atomic mass is 35.5. The van der Waals surface area contributed by atoms with Gasteiger partial charge in [0.15, 0.2) is 0 Å². The van der Waals surface area contributed by atoms with E-state index in [4.69, 9.17) is 23.1 Å². The van der Waals surface area contributed by atoms with E-state index in [1.54, 1.807) is 12.3 Å². The second-order valence-electron chi connectivity index (χ2n) is 2.94. The topological polar surface area (TPSA) is 64.9 Å². The maximum atomic E-state index is 5.73. The average Bonchev–Trinajstić information content (AvgIpc) is 2.09. The third-order valence-corrected chi connectivity index (χ3v) is 2.04. The number of halogens is 1. The first-order valence-corrected chi connectivity index (χ1v) is 4.72. The van der Waals surface area contributed by atoms with Gasteiger partial charge >= 0.3 is 0 Å². The van der Waals surface area contributed by atoms with E-state index in [0.29, 0.717) is 17.3 Å².